The van der Waals surface area contributed by atoms with Gasteiger partial charge in [-0.15, -0.1) is 0 Å². The van der Waals surface area contributed by atoms with Gasteiger partial charge < -0.3 is 9.84 Å². The fourth-order valence-corrected chi connectivity index (χ4v) is 5.54. The minimum atomic E-state index is -1.03. The van der Waals surface area contributed by atoms with E-state index in [1.165, 1.54) is 5.57 Å². The van der Waals surface area contributed by atoms with Gasteiger partial charge in [0.2, 0.25) is 6.10 Å². The summed E-state index contributed by atoms with van der Waals surface area (Å²) in [5.41, 5.74) is 0.600. The van der Waals surface area contributed by atoms with Crippen LogP contribution in [0.5, 0.6) is 0 Å². The summed E-state index contributed by atoms with van der Waals surface area (Å²) in [5.74, 6) is -0.154. The van der Waals surface area contributed by atoms with E-state index >= 15 is 0 Å². The normalized spacial score (nSPS) is 45.7. The summed E-state index contributed by atoms with van der Waals surface area (Å²) in [6.07, 6.45) is 4.59. The van der Waals surface area contributed by atoms with Crippen molar-refractivity contribution in [2.24, 2.45) is 35.0 Å². The highest BCUT2D eigenvalue weighted by Gasteiger charge is 2.61. The number of esters is 1. The molecule has 3 rings (SSSR count). The van der Waals surface area contributed by atoms with Gasteiger partial charge in [-0.1, -0.05) is 39.3 Å². The van der Waals surface area contributed by atoms with Gasteiger partial charge in [0.15, 0.2) is 0 Å². The van der Waals surface area contributed by atoms with Crippen molar-refractivity contribution < 1.29 is 19.4 Å². The van der Waals surface area contributed by atoms with Gasteiger partial charge >= 0.3 is 11.9 Å². The highest BCUT2D eigenvalue weighted by atomic mass is 16.6. The standard InChI is InChI=1S/C18H26O4.CH4/c1-9-5-6-13-12(7-9)8-10(2)14-11(3)15(16(19)20)22-17(21)18(13,14)4;/h8-9,11-15H,5-7H2,1-4H3,(H,19,20);1H4/t9-,11+,12+,13?,14+,15+,18+;/m1./s1. The van der Waals surface area contributed by atoms with Crippen molar-refractivity contribution in [2.45, 2.75) is 60.5 Å². The van der Waals surface area contributed by atoms with Gasteiger partial charge in [0.05, 0.1) is 5.41 Å². The average molecular weight is 322 g/mol. The molecule has 1 saturated carbocycles. The minimum absolute atomic E-state index is 0. The second-order valence-electron chi connectivity index (χ2n) is 7.88. The first-order chi connectivity index (χ1) is 10.3. The molecule has 1 saturated heterocycles. The number of carboxylic acid groups (broad SMARTS) is 1. The molecule has 4 heteroatoms. The molecular formula is C19H30O4. The van der Waals surface area contributed by atoms with Crippen molar-refractivity contribution in [3.05, 3.63) is 11.6 Å². The zero-order valence-corrected chi connectivity index (χ0v) is 13.8. The van der Waals surface area contributed by atoms with Crippen molar-refractivity contribution >= 4 is 11.9 Å². The third kappa shape index (κ3) is 2.50. The largest absolute Gasteiger partial charge is 0.478 e. The number of cyclic esters (lactones) is 1. The third-order valence-electron chi connectivity index (χ3n) is 6.47. The summed E-state index contributed by atoms with van der Waals surface area (Å²) in [5, 5.41) is 9.36. The quantitative estimate of drug-likeness (QED) is 0.587. The lowest BCUT2D eigenvalue weighted by atomic mass is 9.50. The predicted octanol–water partition coefficient (Wildman–Crippen LogP) is 3.90. The van der Waals surface area contributed by atoms with Crippen LogP contribution in [0.1, 0.15) is 54.4 Å². The molecule has 1 aliphatic heterocycles. The molecule has 23 heavy (non-hydrogen) atoms. The Bertz CT molecular complexity index is 537. The number of allylic oxidation sites excluding steroid dienone is 2. The first kappa shape index (κ1) is 18.0. The Hall–Kier alpha value is -1.32. The highest BCUT2D eigenvalue weighted by molar-refractivity contribution is 5.84. The topological polar surface area (TPSA) is 63.6 Å². The van der Waals surface area contributed by atoms with Crippen LogP contribution in [0.3, 0.4) is 0 Å². The van der Waals surface area contributed by atoms with Crippen LogP contribution in [0.15, 0.2) is 11.6 Å². The van der Waals surface area contributed by atoms with Crippen LogP contribution in [0.2, 0.25) is 0 Å². The van der Waals surface area contributed by atoms with Gasteiger partial charge in [0.25, 0.3) is 0 Å². The fourth-order valence-electron chi connectivity index (χ4n) is 5.54. The van der Waals surface area contributed by atoms with E-state index in [2.05, 4.69) is 19.9 Å². The summed E-state index contributed by atoms with van der Waals surface area (Å²) in [6, 6.07) is 0. The first-order valence-electron chi connectivity index (χ1n) is 8.39. The third-order valence-corrected chi connectivity index (χ3v) is 6.47. The zero-order chi connectivity index (χ0) is 16.2. The lowest BCUT2D eigenvalue weighted by molar-refractivity contribution is -0.200. The van der Waals surface area contributed by atoms with Crippen LogP contribution in [0.25, 0.3) is 0 Å². The van der Waals surface area contributed by atoms with Crippen molar-refractivity contribution in [1.29, 1.82) is 0 Å². The van der Waals surface area contributed by atoms with Crippen LogP contribution in [0.4, 0.5) is 0 Å². The van der Waals surface area contributed by atoms with Gasteiger partial charge in [-0.2, -0.15) is 0 Å². The van der Waals surface area contributed by atoms with Crippen molar-refractivity contribution in [3.63, 3.8) is 0 Å². The SMILES string of the molecule is C.CC1=C[C@@H]2C[C@H](C)CCC2[C@]2(C)C(=O)O[C@H](C(=O)O)[C@@H](C)[C@H]12. The van der Waals surface area contributed by atoms with Crippen LogP contribution >= 0.6 is 0 Å². The molecule has 4 nitrogen and oxygen atoms in total. The van der Waals surface area contributed by atoms with Gasteiger partial charge in [0, 0.05) is 11.8 Å². The number of fused-ring (bicyclic) bond motifs is 3. The molecule has 130 valence electrons. The summed E-state index contributed by atoms with van der Waals surface area (Å²) >= 11 is 0. The Morgan fingerprint density at radius 2 is 2.00 bits per heavy atom. The molecule has 0 bridgehead atoms. The molecule has 1 heterocycles. The first-order valence-corrected chi connectivity index (χ1v) is 8.39. The van der Waals surface area contributed by atoms with E-state index < -0.39 is 17.5 Å². The molecular weight excluding hydrogens is 292 g/mol. The number of carboxylic acids is 1. The number of carbonyl (C=O) groups excluding carboxylic acids is 1. The van der Waals surface area contributed by atoms with E-state index in [0.717, 1.165) is 19.3 Å². The maximum Gasteiger partial charge on any atom is 0.345 e. The molecule has 2 fully saturated rings. The molecule has 0 radical (unpaired) electrons. The monoisotopic (exact) mass is 322 g/mol. The van der Waals surface area contributed by atoms with Gasteiger partial charge in [0.1, 0.15) is 0 Å². The zero-order valence-electron chi connectivity index (χ0n) is 13.8. The smallest absolute Gasteiger partial charge is 0.345 e. The van der Waals surface area contributed by atoms with E-state index in [-0.39, 0.29) is 31.1 Å². The summed E-state index contributed by atoms with van der Waals surface area (Å²) < 4.78 is 5.39. The Labute approximate surface area is 139 Å². The van der Waals surface area contributed by atoms with E-state index in [4.69, 9.17) is 4.74 Å². The average Bonchev–Trinajstić information content (AvgIpc) is 2.42. The molecule has 1 unspecified atom stereocenters. The molecule has 7 atom stereocenters. The maximum atomic E-state index is 12.8. The number of hydrogen-bond donors (Lipinski definition) is 1. The van der Waals surface area contributed by atoms with Crippen LogP contribution in [-0.4, -0.2) is 23.1 Å². The van der Waals surface area contributed by atoms with E-state index in [9.17, 15) is 14.7 Å². The van der Waals surface area contributed by atoms with Gasteiger partial charge in [-0.05, 0) is 44.4 Å². The maximum absolute atomic E-state index is 12.8. The minimum Gasteiger partial charge on any atom is -0.478 e. The number of rotatable bonds is 1. The molecule has 0 aromatic rings. The predicted molar refractivity (Wildman–Crippen MR) is 88.8 cm³/mol. The van der Waals surface area contributed by atoms with Crippen molar-refractivity contribution in [1.82, 2.24) is 0 Å². The van der Waals surface area contributed by atoms with E-state index in [1.54, 1.807) is 0 Å². The van der Waals surface area contributed by atoms with Crippen molar-refractivity contribution in [2.75, 3.05) is 0 Å². The molecule has 3 aliphatic rings. The number of hydrogen-bond acceptors (Lipinski definition) is 3. The number of carbonyl (C=O) groups is 2. The molecule has 0 spiro atoms. The van der Waals surface area contributed by atoms with Crippen LogP contribution in [-0.2, 0) is 14.3 Å². The fraction of sp³-hybridized carbons (Fsp3) is 0.789. The molecule has 1 N–H and O–H groups in total. The molecule has 0 amide bonds. The number of aliphatic carboxylic acids is 1. The summed E-state index contributed by atoms with van der Waals surface area (Å²) in [7, 11) is 0. The Kier molecular flexibility index (Phi) is 4.67. The van der Waals surface area contributed by atoms with Crippen LogP contribution in [0, 0.1) is 35.0 Å². The molecule has 0 aromatic heterocycles. The van der Waals surface area contributed by atoms with E-state index in [1.807, 2.05) is 13.8 Å². The molecule has 0 aromatic carbocycles. The Balaban J connectivity index is 0.00000192. The Morgan fingerprint density at radius 1 is 1.35 bits per heavy atom. The lowest BCUT2D eigenvalue weighted by Gasteiger charge is -2.55. The van der Waals surface area contributed by atoms with Gasteiger partial charge in [-0.3, -0.25) is 4.79 Å². The second kappa shape index (κ2) is 5.95. The highest BCUT2D eigenvalue weighted by Crippen LogP contribution is 2.58. The van der Waals surface area contributed by atoms with Crippen LogP contribution < -0.4 is 0 Å². The second-order valence-corrected chi connectivity index (χ2v) is 7.88. The summed E-state index contributed by atoms with van der Waals surface area (Å²) in [4.78, 5) is 24.2. The number of ether oxygens (including phenoxy) is 1. The van der Waals surface area contributed by atoms with Gasteiger partial charge in [-0.25, -0.2) is 4.79 Å². The summed E-state index contributed by atoms with van der Waals surface area (Å²) in [6.45, 7) is 8.26. The van der Waals surface area contributed by atoms with E-state index in [0.29, 0.717) is 11.8 Å². The van der Waals surface area contributed by atoms with Crippen molar-refractivity contribution in [3.8, 4) is 0 Å². The Morgan fingerprint density at radius 3 is 2.61 bits per heavy atom. The lowest BCUT2D eigenvalue weighted by Crippen LogP contribution is -2.59. The molecule has 2 aliphatic carbocycles.